The monoisotopic (exact) mass is 232 g/mol. The predicted molar refractivity (Wildman–Crippen MR) is 61.2 cm³/mol. The molecule has 0 N–H and O–H groups in total. The van der Waals surface area contributed by atoms with Crippen LogP contribution >= 0.6 is 0 Å². The van der Waals surface area contributed by atoms with E-state index in [4.69, 9.17) is 18.9 Å². The van der Waals surface area contributed by atoms with Crippen LogP contribution in [0.2, 0.25) is 0 Å². The third kappa shape index (κ3) is 5.80. The summed E-state index contributed by atoms with van der Waals surface area (Å²) in [5.41, 5.74) is 0. The van der Waals surface area contributed by atoms with Crippen LogP contribution in [-0.2, 0) is 18.9 Å². The Labute approximate surface area is 98.2 Å². The van der Waals surface area contributed by atoms with Crippen molar-refractivity contribution in [2.75, 3.05) is 26.8 Å². The number of hydrogen-bond acceptors (Lipinski definition) is 4. The summed E-state index contributed by atoms with van der Waals surface area (Å²) in [6.07, 6.45) is 4.93. The smallest absolute Gasteiger partial charge is 0.147 e. The Morgan fingerprint density at radius 1 is 0.750 bits per heavy atom. The van der Waals surface area contributed by atoms with Crippen molar-refractivity contribution in [2.24, 2.45) is 0 Å². The largest absolute Gasteiger partial charge is 0.356 e. The molecule has 0 aromatic carbocycles. The van der Waals surface area contributed by atoms with Gasteiger partial charge >= 0.3 is 0 Å². The maximum atomic E-state index is 5.59. The zero-order chi connectivity index (χ0) is 11.6. The van der Waals surface area contributed by atoms with Crippen LogP contribution in [0.1, 0.15) is 39.5 Å². The van der Waals surface area contributed by atoms with Crippen LogP contribution in [0.4, 0.5) is 0 Å². The molecule has 0 heterocycles. The van der Waals surface area contributed by atoms with Gasteiger partial charge in [0, 0.05) is 13.2 Å². The van der Waals surface area contributed by atoms with Crippen LogP contribution < -0.4 is 0 Å². The minimum atomic E-state index is 0.346. The van der Waals surface area contributed by atoms with Gasteiger partial charge in [0.15, 0.2) is 0 Å². The first-order chi connectivity index (χ1) is 7.86. The van der Waals surface area contributed by atoms with E-state index in [1.807, 2.05) is 13.8 Å². The van der Waals surface area contributed by atoms with Crippen LogP contribution in [0.3, 0.4) is 0 Å². The van der Waals surface area contributed by atoms with Crippen molar-refractivity contribution in [3.05, 3.63) is 0 Å². The fourth-order valence-corrected chi connectivity index (χ4v) is 1.82. The molecule has 4 heteroatoms. The molecule has 0 radical (unpaired) electrons. The molecule has 16 heavy (non-hydrogen) atoms. The van der Waals surface area contributed by atoms with Crippen LogP contribution in [0.25, 0.3) is 0 Å². The molecule has 1 aliphatic rings. The first kappa shape index (κ1) is 13.9. The fourth-order valence-electron chi connectivity index (χ4n) is 1.82. The van der Waals surface area contributed by atoms with Crippen LogP contribution in [0.5, 0.6) is 0 Å². The number of ether oxygens (including phenoxy) is 4. The van der Waals surface area contributed by atoms with Crippen molar-refractivity contribution < 1.29 is 18.9 Å². The third-order valence-electron chi connectivity index (χ3n) is 2.80. The Hall–Kier alpha value is -0.160. The molecule has 0 unspecified atom stereocenters. The Kier molecular flexibility index (Phi) is 7.76. The molecule has 0 atom stereocenters. The highest BCUT2D eigenvalue weighted by Gasteiger charge is 2.21. The van der Waals surface area contributed by atoms with Crippen molar-refractivity contribution in [3.8, 4) is 0 Å². The highest BCUT2D eigenvalue weighted by atomic mass is 16.7. The summed E-state index contributed by atoms with van der Waals surface area (Å²) in [5, 5.41) is 0. The Balaban J connectivity index is 2.00. The van der Waals surface area contributed by atoms with Crippen molar-refractivity contribution in [2.45, 2.75) is 51.7 Å². The molecular formula is C12H24O4. The summed E-state index contributed by atoms with van der Waals surface area (Å²) in [5.74, 6) is 0. The van der Waals surface area contributed by atoms with Crippen molar-refractivity contribution in [1.29, 1.82) is 0 Å². The van der Waals surface area contributed by atoms with Gasteiger partial charge in [0.1, 0.15) is 13.6 Å². The lowest BCUT2D eigenvalue weighted by Crippen LogP contribution is -2.27. The van der Waals surface area contributed by atoms with Crippen molar-refractivity contribution >= 4 is 0 Å². The summed E-state index contributed by atoms with van der Waals surface area (Å²) < 4.78 is 21.5. The van der Waals surface area contributed by atoms with E-state index in [-0.39, 0.29) is 0 Å². The lowest BCUT2D eigenvalue weighted by molar-refractivity contribution is -0.129. The molecule has 0 spiro atoms. The highest BCUT2D eigenvalue weighted by molar-refractivity contribution is 4.72. The topological polar surface area (TPSA) is 36.9 Å². The van der Waals surface area contributed by atoms with Gasteiger partial charge in [-0.2, -0.15) is 0 Å². The summed E-state index contributed by atoms with van der Waals surface area (Å²) in [4.78, 5) is 0. The lowest BCUT2D eigenvalue weighted by Gasteiger charge is -2.28. The van der Waals surface area contributed by atoms with Gasteiger partial charge < -0.3 is 18.9 Å². The van der Waals surface area contributed by atoms with Gasteiger partial charge in [-0.05, 0) is 39.5 Å². The molecule has 0 aromatic heterocycles. The Bertz CT molecular complexity index is 137. The third-order valence-corrected chi connectivity index (χ3v) is 2.80. The summed E-state index contributed by atoms with van der Waals surface area (Å²) in [6.45, 7) is 6.22. The molecule has 96 valence electrons. The van der Waals surface area contributed by atoms with E-state index < -0.39 is 0 Å². The number of rotatable bonds is 8. The maximum Gasteiger partial charge on any atom is 0.147 e. The molecule has 0 aromatic rings. The van der Waals surface area contributed by atoms with E-state index in [0.717, 1.165) is 25.7 Å². The average molecular weight is 232 g/mol. The molecule has 4 nitrogen and oxygen atoms in total. The average Bonchev–Trinajstić information content (AvgIpc) is 2.32. The summed E-state index contributed by atoms with van der Waals surface area (Å²) >= 11 is 0. The molecule has 0 saturated heterocycles. The van der Waals surface area contributed by atoms with E-state index in [9.17, 15) is 0 Å². The van der Waals surface area contributed by atoms with Crippen LogP contribution in [0, 0.1) is 0 Å². The maximum absolute atomic E-state index is 5.59. The zero-order valence-corrected chi connectivity index (χ0v) is 10.4. The van der Waals surface area contributed by atoms with Crippen molar-refractivity contribution in [1.82, 2.24) is 0 Å². The fraction of sp³-hybridized carbons (Fsp3) is 1.00. The minimum absolute atomic E-state index is 0.346. The minimum Gasteiger partial charge on any atom is -0.356 e. The predicted octanol–water partition coefficient (Wildman–Crippen LogP) is 2.32. The SMILES string of the molecule is CCOCOC1CCC(OCOCC)CC1. The van der Waals surface area contributed by atoms with Gasteiger partial charge in [-0.3, -0.25) is 0 Å². The molecule has 0 amide bonds. The van der Waals surface area contributed by atoms with Crippen LogP contribution in [-0.4, -0.2) is 39.0 Å². The molecular weight excluding hydrogens is 208 g/mol. The summed E-state index contributed by atoms with van der Waals surface area (Å²) in [6, 6.07) is 0. The second-order valence-corrected chi connectivity index (χ2v) is 3.95. The normalized spacial score (nSPS) is 25.9. The second kappa shape index (κ2) is 8.93. The van der Waals surface area contributed by atoms with Gasteiger partial charge in [-0.25, -0.2) is 0 Å². The molecule has 1 saturated carbocycles. The zero-order valence-electron chi connectivity index (χ0n) is 10.4. The standard InChI is InChI=1S/C12H24O4/c1-3-13-9-15-11-5-7-12(8-6-11)16-10-14-4-2/h11-12H,3-10H2,1-2H3. The van der Waals surface area contributed by atoms with E-state index in [1.54, 1.807) is 0 Å². The van der Waals surface area contributed by atoms with Gasteiger partial charge in [-0.15, -0.1) is 0 Å². The Morgan fingerprint density at radius 2 is 1.12 bits per heavy atom. The molecule has 0 aliphatic heterocycles. The highest BCUT2D eigenvalue weighted by Crippen LogP contribution is 2.23. The van der Waals surface area contributed by atoms with E-state index >= 15 is 0 Å². The first-order valence-corrected chi connectivity index (χ1v) is 6.25. The molecule has 1 fully saturated rings. The first-order valence-electron chi connectivity index (χ1n) is 6.25. The second-order valence-electron chi connectivity index (χ2n) is 3.95. The van der Waals surface area contributed by atoms with E-state index in [1.165, 1.54) is 0 Å². The molecule has 0 bridgehead atoms. The van der Waals surface area contributed by atoms with E-state index in [2.05, 4.69) is 0 Å². The van der Waals surface area contributed by atoms with Crippen molar-refractivity contribution in [3.63, 3.8) is 0 Å². The van der Waals surface area contributed by atoms with E-state index in [0.29, 0.717) is 39.0 Å². The van der Waals surface area contributed by atoms with Crippen LogP contribution in [0.15, 0.2) is 0 Å². The van der Waals surface area contributed by atoms with Gasteiger partial charge in [0.25, 0.3) is 0 Å². The number of hydrogen-bond donors (Lipinski definition) is 0. The lowest BCUT2D eigenvalue weighted by atomic mass is 9.95. The molecule has 1 aliphatic carbocycles. The molecule has 1 rings (SSSR count). The quantitative estimate of drug-likeness (QED) is 0.475. The van der Waals surface area contributed by atoms with Gasteiger partial charge in [0.05, 0.1) is 12.2 Å². The van der Waals surface area contributed by atoms with Gasteiger partial charge in [0.2, 0.25) is 0 Å². The van der Waals surface area contributed by atoms with Gasteiger partial charge in [-0.1, -0.05) is 0 Å². The summed E-state index contributed by atoms with van der Waals surface area (Å²) in [7, 11) is 0. The Morgan fingerprint density at radius 3 is 1.44 bits per heavy atom.